The maximum Gasteiger partial charge on any atom is 0.284 e. The third kappa shape index (κ3) is 3.33. The number of halogens is 2. The van der Waals surface area contributed by atoms with E-state index in [4.69, 9.17) is 22.4 Å². The van der Waals surface area contributed by atoms with Crippen molar-refractivity contribution in [1.29, 1.82) is 0 Å². The molecular formula is C22H17ClFN9O2. The number of hydrogen-bond donors (Lipinski definition) is 2. The van der Waals surface area contributed by atoms with E-state index in [1.54, 1.807) is 18.3 Å². The van der Waals surface area contributed by atoms with Gasteiger partial charge in [0, 0.05) is 12.7 Å². The maximum atomic E-state index is 14.2. The van der Waals surface area contributed by atoms with Crippen molar-refractivity contribution in [2.45, 2.75) is 18.9 Å². The Morgan fingerprint density at radius 2 is 2.06 bits per heavy atom. The molecule has 35 heavy (non-hydrogen) atoms. The van der Waals surface area contributed by atoms with Gasteiger partial charge in [0.15, 0.2) is 11.5 Å². The number of nitrogens with two attached hydrogens (primary N) is 1. The molecule has 1 aromatic carbocycles. The number of aromatic amines is 1. The van der Waals surface area contributed by atoms with Crippen molar-refractivity contribution < 1.29 is 4.39 Å². The molecule has 5 heterocycles. The first kappa shape index (κ1) is 21.2. The minimum absolute atomic E-state index is 0.0422. The molecule has 1 aliphatic rings. The van der Waals surface area contributed by atoms with Crippen LogP contribution in [0.1, 0.15) is 24.7 Å². The molecule has 4 aromatic heterocycles. The molecule has 0 aliphatic carbocycles. The zero-order valence-electron chi connectivity index (χ0n) is 18.0. The average molecular weight is 494 g/mol. The zero-order valence-corrected chi connectivity index (χ0v) is 18.8. The van der Waals surface area contributed by atoms with Crippen LogP contribution in [0.3, 0.4) is 0 Å². The zero-order chi connectivity index (χ0) is 24.3. The van der Waals surface area contributed by atoms with Crippen LogP contribution in [0.2, 0.25) is 5.02 Å². The summed E-state index contributed by atoms with van der Waals surface area (Å²) >= 11 is 6.27. The molecule has 1 aliphatic heterocycles. The molecule has 6 rings (SSSR count). The van der Waals surface area contributed by atoms with E-state index in [0.717, 1.165) is 6.42 Å². The van der Waals surface area contributed by atoms with Crippen LogP contribution in [0.4, 0.5) is 16.2 Å². The predicted molar refractivity (Wildman–Crippen MR) is 127 cm³/mol. The summed E-state index contributed by atoms with van der Waals surface area (Å²) in [6, 6.07) is 6.76. The Balaban J connectivity index is 1.63. The molecule has 0 spiro atoms. The van der Waals surface area contributed by atoms with Crippen LogP contribution in [0, 0.1) is 5.82 Å². The van der Waals surface area contributed by atoms with E-state index in [0.29, 0.717) is 24.5 Å². The highest BCUT2D eigenvalue weighted by Gasteiger charge is 2.34. The third-order valence-corrected chi connectivity index (χ3v) is 6.35. The molecule has 176 valence electrons. The standard InChI is InChI=1S/C22H17ClFN9O2/c23-13-6-8-32-16(13)21(35)33(12-4-1-3-11(24)9-12)18(30-32)14-5-2-7-31(14)19-15-17(28-22(25)29-19)26-10-27-20(15)34/h1,3-4,6,8-10,14H,2,5,7H2,(H3,25,26,27,28,29,34)/t14-/m0/s1. The van der Waals surface area contributed by atoms with Crippen molar-refractivity contribution in [3.8, 4) is 5.69 Å². The van der Waals surface area contributed by atoms with Gasteiger partial charge in [-0.15, -0.1) is 0 Å². The van der Waals surface area contributed by atoms with Crippen LogP contribution in [0.15, 0.2) is 52.4 Å². The van der Waals surface area contributed by atoms with E-state index in [1.807, 2.05) is 4.90 Å². The van der Waals surface area contributed by atoms with Gasteiger partial charge >= 0.3 is 0 Å². The number of benzene rings is 1. The number of aromatic nitrogens is 7. The molecule has 3 N–H and O–H groups in total. The number of anilines is 2. The Morgan fingerprint density at radius 3 is 2.89 bits per heavy atom. The number of nitrogens with one attached hydrogen (secondary N) is 1. The highest BCUT2D eigenvalue weighted by molar-refractivity contribution is 6.33. The van der Waals surface area contributed by atoms with E-state index in [2.05, 4.69) is 19.9 Å². The first-order valence-electron chi connectivity index (χ1n) is 10.8. The molecule has 1 saturated heterocycles. The second-order valence-electron chi connectivity index (χ2n) is 8.12. The van der Waals surface area contributed by atoms with Gasteiger partial charge in [0.1, 0.15) is 22.5 Å². The fourth-order valence-corrected chi connectivity index (χ4v) is 4.82. The van der Waals surface area contributed by atoms with Crippen LogP contribution >= 0.6 is 11.6 Å². The fourth-order valence-electron chi connectivity index (χ4n) is 4.60. The molecule has 11 nitrogen and oxygen atoms in total. The lowest BCUT2D eigenvalue weighted by atomic mass is 10.2. The number of rotatable bonds is 3. The lowest BCUT2D eigenvalue weighted by Gasteiger charge is -2.27. The molecule has 0 amide bonds. The van der Waals surface area contributed by atoms with Crippen LogP contribution in [-0.4, -0.2) is 40.7 Å². The van der Waals surface area contributed by atoms with Crippen molar-refractivity contribution in [3.05, 3.63) is 80.2 Å². The molecule has 0 radical (unpaired) electrons. The minimum atomic E-state index is -0.503. The normalized spacial score (nSPS) is 15.9. The lowest BCUT2D eigenvalue weighted by molar-refractivity contribution is 0.596. The van der Waals surface area contributed by atoms with Crippen LogP contribution in [-0.2, 0) is 0 Å². The summed E-state index contributed by atoms with van der Waals surface area (Å²) < 4.78 is 16.9. The fraction of sp³-hybridized carbons (Fsp3) is 0.182. The van der Waals surface area contributed by atoms with Crippen molar-refractivity contribution >= 4 is 39.9 Å². The Bertz CT molecular complexity index is 1750. The van der Waals surface area contributed by atoms with Gasteiger partial charge in [-0.05, 0) is 37.1 Å². The SMILES string of the molecule is Nc1nc(N2CCC[C@H]2c2nn3ccc(Cl)c3c(=O)n2-c2cccc(F)c2)c2c(=O)[nH]cnc2n1. The van der Waals surface area contributed by atoms with Gasteiger partial charge in [-0.2, -0.15) is 15.1 Å². The van der Waals surface area contributed by atoms with Gasteiger partial charge in [0.25, 0.3) is 11.1 Å². The summed E-state index contributed by atoms with van der Waals surface area (Å²) in [4.78, 5) is 43.3. The van der Waals surface area contributed by atoms with E-state index >= 15 is 0 Å². The number of nitrogen functional groups attached to an aromatic ring is 1. The Morgan fingerprint density at radius 1 is 1.20 bits per heavy atom. The number of hydrogen-bond acceptors (Lipinski definition) is 8. The summed E-state index contributed by atoms with van der Waals surface area (Å²) in [5.41, 5.74) is 5.69. The van der Waals surface area contributed by atoms with Crippen LogP contribution in [0.25, 0.3) is 22.2 Å². The Labute approximate surface area is 200 Å². The van der Waals surface area contributed by atoms with E-state index < -0.39 is 23.0 Å². The van der Waals surface area contributed by atoms with Crippen molar-refractivity contribution in [2.75, 3.05) is 17.2 Å². The molecule has 1 fully saturated rings. The van der Waals surface area contributed by atoms with Gasteiger partial charge in [0.05, 0.1) is 23.1 Å². The molecule has 0 bridgehead atoms. The smallest absolute Gasteiger partial charge is 0.284 e. The van der Waals surface area contributed by atoms with E-state index in [1.165, 1.54) is 33.6 Å². The third-order valence-electron chi connectivity index (χ3n) is 6.05. The molecule has 1 atom stereocenters. The highest BCUT2D eigenvalue weighted by Crippen LogP contribution is 2.37. The van der Waals surface area contributed by atoms with Crippen molar-refractivity contribution in [2.24, 2.45) is 0 Å². The van der Waals surface area contributed by atoms with Crippen molar-refractivity contribution in [1.82, 2.24) is 34.1 Å². The second kappa shape index (κ2) is 7.87. The molecule has 13 heteroatoms. The summed E-state index contributed by atoms with van der Waals surface area (Å²) in [5, 5.41) is 5.11. The number of H-pyrrole nitrogens is 1. The van der Waals surface area contributed by atoms with Gasteiger partial charge in [-0.1, -0.05) is 17.7 Å². The molecule has 5 aromatic rings. The Kier molecular flexibility index (Phi) is 4.78. The monoisotopic (exact) mass is 493 g/mol. The Hall–Kier alpha value is -4.32. The van der Waals surface area contributed by atoms with Gasteiger partial charge in [-0.25, -0.2) is 13.9 Å². The topological polar surface area (TPSA) is 140 Å². The predicted octanol–water partition coefficient (Wildman–Crippen LogP) is 2.23. The average Bonchev–Trinajstić information content (AvgIpc) is 3.45. The number of nitrogens with zero attached hydrogens (tertiary/aromatic N) is 7. The largest absolute Gasteiger partial charge is 0.368 e. The molecule has 0 saturated carbocycles. The first-order valence-corrected chi connectivity index (χ1v) is 11.1. The number of fused-ring (bicyclic) bond motifs is 2. The minimum Gasteiger partial charge on any atom is -0.368 e. The first-order chi connectivity index (χ1) is 16.9. The summed E-state index contributed by atoms with van der Waals surface area (Å²) in [6.45, 7) is 0.508. The van der Waals surface area contributed by atoms with Crippen molar-refractivity contribution in [3.63, 3.8) is 0 Å². The molecule has 0 unspecified atom stereocenters. The van der Waals surface area contributed by atoms with E-state index in [-0.39, 0.29) is 33.3 Å². The lowest BCUT2D eigenvalue weighted by Crippen LogP contribution is -2.34. The summed E-state index contributed by atoms with van der Waals surface area (Å²) in [6.07, 6.45) is 4.14. The summed E-state index contributed by atoms with van der Waals surface area (Å²) in [5.74, 6) is 0.0788. The van der Waals surface area contributed by atoms with Gasteiger partial charge in [-0.3, -0.25) is 14.2 Å². The van der Waals surface area contributed by atoms with Crippen LogP contribution in [0.5, 0.6) is 0 Å². The molecular weight excluding hydrogens is 477 g/mol. The van der Waals surface area contributed by atoms with Crippen LogP contribution < -0.4 is 21.8 Å². The van der Waals surface area contributed by atoms with Gasteiger partial charge in [0.2, 0.25) is 5.95 Å². The van der Waals surface area contributed by atoms with Gasteiger partial charge < -0.3 is 15.6 Å². The summed E-state index contributed by atoms with van der Waals surface area (Å²) in [7, 11) is 0. The maximum absolute atomic E-state index is 14.2. The van der Waals surface area contributed by atoms with E-state index in [9.17, 15) is 14.0 Å². The quantitative estimate of drug-likeness (QED) is 0.390. The highest BCUT2D eigenvalue weighted by atomic mass is 35.5. The second-order valence-corrected chi connectivity index (χ2v) is 8.53.